The monoisotopic (exact) mass is 2010 g/mol. The minimum atomic E-state index is -0.756. The van der Waals surface area contributed by atoms with Crippen molar-refractivity contribution in [2.45, 2.75) is 267 Å². The smallest absolute Gasteiger partial charge is 0.0688 e. The summed E-state index contributed by atoms with van der Waals surface area (Å²) < 4.78 is 0. The van der Waals surface area contributed by atoms with Gasteiger partial charge < -0.3 is 40.0 Å². The van der Waals surface area contributed by atoms with Crippen molar-refractivity contribution < 1.29 is 42.1 Å². The van der Waals surface area contributed by atoms with Crippen molar-refractivity contribution in [3.8, 4) is 44.5 Å². The molecule has 6 aliphatic rings. The van der Waals surface area contributed by atoms with E-state index in [0.29, 0.717) is 0 Å². The molecule has 0 N–H and O–H groups in total. The Hall–Kier alpha value is -9.32. The minimum Gasteiger partial charge on any atom is -0.581 e. The van der Waals surface area contributed by atoms with Crippen molar-refractivity contribution in [1.82, 2.24) is 40.0 Å². The fourth-order valence-corrected chi connectivity index (χ4v) is 20.7. The zero-order chi connectivity index (χ0) is 87.6. The first-order valence-corrected chi connectivity index (χ1v) is 44.3. The third-order valence-corrected chi connectivity index (χ3v) is 28.5. The molecule has 0 saturated heterocycles. The predicted molar refractivity (Wildman–Crippen MR) is 512 cm³/mol. The Kier molecular flexibility index (Phi) is 22.8. The molecule has 125 heavy (non-hydrogen) atoms. The maximum Gasteiger partial charge on any atom is 0.0688 e. The van der Waals surface area contributed by atoms with Gasteiger partial charge in [0.2, 0.25) is 0 Å². The molecular formula is C115H130N8Pt2-6. The molecule has 0 bridgehead atoms. The number of fused-ring (bicyclic) bond motifs is 12. The van der Waals surface area contributed by atoms with Gasteiger partial charge in [-0.25, -0.2) is 0 Å². The van der Waals surface area contributed by atoms with E-state index in [9.17, 15) is 0 Å². The number of rotatable bonds is 8. The number of allylic oxidation sites excluding steroid dienone is 4. The molecule has 0 saturated carbocycles. The van der Waals surface area contributed by atoms with Gasteiger partial charge in [-0.05, 0) is 241 Å². The van der Waals surface area contributed by atoms with E-state index < -0.39 is 21.9 Å². The van der Waals surface area contributed by atoms with Gasteiger partial charge in [0.1, 0.15) is 0 Å². The van der Waals surface area contributed by atoms with Gasteiger partial charge in [0.15, 0.2) is 0 Å². The molecule has 2 aliphatic heterocycles. The van der Waals surface area contributed by atoms with Crippen LogP contribution >= 0.6 is 0 Å². The number of hydrogen-bond donors (Lipinski definition) is 0. The molecule has 18 rings (SSSR count). The molecule has 0 fully saturated rings. The Morgan fingerprint density at radius 1 is 0.296 bits per heavy atom. The Morgan fingerprint density at radius 3 is 0.800 bits per heavy atom. The standard InChI is InChI=1S/2C57H63N4.CH4.2Pt/c1-35-36(2)61(34-60(35)15)57(49-26-22-41(54(9,10)11)32-45(49)46-33-42(55(12,13)14)23-27-50(46)57)38-18-16-37(17-19-38)56(51-28-29-58-59-51)47-24-20-39(52(3,4)5)30-43(47)44-31-40(53(6,7)8)21-25-48(44)56;1-35-36(2)61(34-60(35)15)57(49-25-21-39(54(9,10)11)32-45(49)46-33-40(55(12,13)14)22-26-50(46)57)42-18-16-17-41(29-42)56(51-27-28-58-59-51)47-23-19-37(52(3,4)5)30-43(47)44-31-38(53(6,7)8)20-24-48(44)56;;;/h16,18-34H,1-15H3;16-28,30-34H,1-15H3;1H4;;/q2*-3;;;. The molecule has 2 aromatic heterocycles. The largest absolute Gasteiger partial charge is 0.581 e. The quantitative estimate of drug-likeness (QED) is 0.139. The molecule has 10 heteroatoms. The zero-order valence-corrected chi connectivity index (χ0v) is 83.5. The molecule has 4 heterocycles. The van der Waals surface area contributed by atoms with Crippen molar-refractivity contribution in [1.29, 1.82) is 0 Å². The number of benzene rings is 10. The van der Waals surface area contributed by atoms with Crippen LogP contribution in [0.4, 0.5) is 0 Å². The maximum absolute atomic E-state index is 4.98. The van der Waals surface area contributed by atoms with Crippen molar-refractivity contribution in [3.05, 3.63) is 377 Å². The number of aromatic nitrogens is 4. The molecule has 0 atom stereocenters. The van der Waals surface area contributed by atoms with Crippen LogP contribution in [0.5, 0.6) is 0 Å². The van der Waals surface area contributed by atoms with Crippen molar-refractivity contribution >= 4 is 0 Å². The molecule has 656 valence electrons. The topological polar surface area (TPSA) is 66.9 Å². The summed E-state index contributed by atoms with van der Waals surface area (Å²) in [7, 11) is 4.34. The van der Waals surface area contributed by atoms with Crippen LogP contribution in [0.1, 0.15) is 324 Å². The first-order chi connectivity index (χ1) is 57.0. The normalized spacial score (nSPS) is 16.4. The van der Waals surface area contributed by atoms with Gasteiger partial charge in [0.05, 0.1) is 16.4 Å². The average molecular weight is 2010 g/mol. The summed E-state index contributed by atoms with van der Waals surface area (Å²) in [6.07, 6.45) is 3.69. The van der Waals surface area contributed by atoms with Gasteiger partial charge >= 0.3 is 0 Å². The SMILES string of the molecule is C.CC1=C(C)N(C2(c3[c-]c(C4(c5cc[n-]n5)c5ccc(C(C)(C)C)cc5-c5cc(C(C)(C)C)ccc54)ccc3)c3ccc(C(C)(C)C)cc3-c3cc(C(C)(C)C)ccc32)[CH-]N1C.CC1=C(C)N(C2(c3c[c-]c(C4(c5cc[n-]n5)c5ccc(C(C)(C)C)cc5-c5cc(C(C)(C)C)ccc54)cc3)c3ccc(C(C)(C)C)cc3-c3cc(C(C)(C)C)ccc32)[CH-]N1C.[Pt].[Pt]. The maximum atomic E-state index is 4.98. The third-order valence-electron chi connectivity index (χ3n) is 28.5. The van der Waals surface area contributed by atoms with E-state index in [1.54, 1.807) is 0 Å². The second kappa shape index (κ2) is 31.0. The first kappa shape index (κ1) is 91.9. The average Bonchev–Trinajstić information content (AvgIpc) is 1.53. The summed E-state index contributed by atoms with van der Waals surface area (Å²) >= 11 is 0. The van der Waals surface area contributed by atoms with Crippen LogP contribution in [0.25, 0.3) is 44.5 Å². The summed E-state index contributed by atoms with van der Waals surface area (Å²) in [5.41, 5.74) is 39.1. The Morgan fingerprint density at radius 2 is 0.552 bits per heavy atom. The van der Waals surface area contributed by atoms with E-state index in [-0.39, 0.29) is 92.9 Å². The Balaban J connectivity index is 0.000000198. The number of nitrogens with zero attached hydrogens (tertiary/aromatic N) is 8. The molecule has 4 aliphatic carbocycles. The van der Waals surface area contributed by atoms with Gasteiger partial charge in [0.25, 0.3) is 0 Å². The van der Waals surface area contributed by atoms with E-state index in [2.05, 4.69) is 457 Å². The van der Waals surface area contributed by atoms with E-state index >= 15 is 0 Å². The first-order valence-electron chi connectivity index (χ1n) is 44.3. The van der Waals surface area contributed by atoms with Crippen LogP contribution in [0.3, 0.4) is 0 Å². The van der Waals surface area contributed by atoms with Crippen molar-refractivity contribution in [2.24, 2.45) is 0 Å². The van der Waals surface area contributed by atoms with Gasteiger partial charge in [-0.2, -0.15) is 74.3 Å². The Labute approximate surface area is 778 Å². The van der Waals surface area contributed by atoms with Gasteiger partial charge in [0, 0.05) is 59.1 Å². The van der Waals surface area contributed by atoms with Gasteiger partial charge in [-0.1, -0.05) is 331 Å². The predicted octanol–water partition coefficient (Wildman–Crippen LogP) is 27.2. The summed E-state index contributed by atoms with van der Waals surface area (Å²) in [5.74, 6) is 0. The van der Waals surface area contributed by atoms with Crippen LogP contribution in [0.15, 0.2) is 229 Å². The molecule has 0 unspecified atom stereocenters. The van der Waals surface area contributed by atoms with E-state index in [1.807, 2.05) is 12.4 Å². The van der Waals surface area contributed by atoms with Crippen molar-refractivity contribution in [2.75, 3.05) is 14.1 Å². The van der Waals surface area contributed by atoms with Gasteiger partial charge in [-0.3, -0.25) is 0 Å². The van der Waals surface area contributed by atoms with Crippen molar-refractivity contribution in [3.63, 3.8) is 0 Å². The fraction of sp³-hybridized carbons (Fsp3) is 0.374. The molecule has 12 aromatic rings. The second-order valence-corrected chi connectivity index (χ2v) is 44.3. The van der Waals surface area contributed by atoms with Crippen LogP contribution in [0, 0.1) is 25.5 Å². The molecule has 0 radical (unpaired) electrons. The summed E-state index contributed by atoms with van der Waals surface area (Å²) in [4.78, 5) is 9.61. The van der Waals surface area contributed by atoms with Crippen LogP contribution in [-0.2, 0) is 107 Å². The molecule has 10 aromatic carbocycles. The summed E-state index contributed by atoms with van der Waals surface area (Å²) in [6.45, 7) is 69.1. The van der Waals surface area contributed by atoms with E-state index in [0.717, 1.165) is 28.1 Å². The summed E-state index contributed by atoms with van der Waals surface area (Å²) in [5, 5.41) is 18.9. The molecule has 0 amide bonds. The van der Waals surface area contributed by atoms with Crippen LogP contribution < -0.4 is 10.2 Å². The molecule has 8 nitrogen and oxygen atoms in total. The fourth-order valence-electron chi connectivity index (χ4n) is 20.7. The van der Waals surface area contributed by atoms with E-state index in [1.165, 1.54) is 162 Å². The van der Waals surface area contributed by atoms with E-state index in [4.69, 9.17) is 10.2 Å². The minimum absolute atomic E-state index is 0. The third kappa shape index (κ3) is 14.2. The second-order valence-electron chi connectivity index (χ2n) is 44.3. The van der Waals surface area contributed by atoms with Gasteiger partial charge in [-0.15, -0.1) is 22.3 Å². The number of hydrogen-bond acceptors (Lipinski definition) is 6. The Bertz CT molecular complexity index is 6010. The molecule has 0 spiro atoms. The van der Waals surface area contributed by atoms with Crippen LogP contribution in [0.2, 0.25) is 0 Å². The van der Waals surface area contributed by atoms with Crippen LogP contribution in [-0.4, -0.2) is 43.9 Å². The molecular weight excluding hydrogens is 1880 g/mol. The zero-order valence-electron chi connectivity index (χ0n) is 79.0. The summed E-state index contributed by atoms with van der Waals surface area (Å²) in [6, 6.07) is 84.0.